The topological polar surface area (TPSA) is 78.0 Å². The summed E-state index contributed by atoms with van der Waals surface area (Å²) in [6.07, 6.45) is 8.07. The Hall–Kier alpha value is -1.59. The monoisotopic (exact) mass is 421 g/mol. The van der Waals surface area contributed by atoms with Crippen molar-refractivity contribution in [3.05, 3.63) is 28.9 Å². The van der Waals surface area contributed by atoms with Crippen LogP contribution in [0.5, 0.6) is 0 Å². The molecular formula is C23H36ClN3O2. The highest BCUT2D eigenvalue weighted by Gasteiger charge is 2.37. The van der Waals surface area contributed by atoms with Crippen molar-refractivity contribution in [1.29, 1.82) is 0 Å². The van der Waals surface area contributed by atoms with Crippen LogP contribution in [-0.4, -0.2) is 27.3 Å². The second kappa shape index (κ2) is 10.4. The van der Waals surface area contributed by atoms with Crippen LogP contribution in [0, 0.1) is 11.3 Å². The van der Waals surface area contributed by atoms with Gasteiger partial charge in [-0.1, -0.05) is 65.0 Å². The molecular weight excluding hydrogens is 386 g/mol. The highest BCUT2D eigenvalue weighted by atomic mass is 35.5. The van der Waals surface area contributed by atoms with Crippen LogP contribution in [0.4, 0.5) is 0 Å². The summed E-state index contributed by atoms with van der Waals surface area (Å²) in [7, 11) is 0. The SMILES string of the molecule is CC(=O)NC1CC1.CCCC(CCC)C(C)(C)C(O)c1cc(Cl)cc2cn[nH]c12. The number of amides is 1. The number of fused-ring (bicyclic) bond motifs is 1. The summed E-state index contributed by atoms with van der Waals surface area (Å²) in [5.41, 5.74) is 1.52. The smallest absolute Gasteiger partial charge is 0.217 e. The van der Waals surface area contributed by atoms with E-state index in [0.29, 0.717) is 17.0 Å². The van der Waals surface area contributed by atoms with Crippen molar-refractivity contribution in [3.63, 3.8) is 0 Å². The fourth-order valence-corrected chi connectivity index (χ4v) is 4.22. The number of nitrogens with one attached hydrogen (secondary N) is 2. The maximum absolute atomic E-state index is 11.1. The van der Waals surface area contributed by atoms with Gasteiger partial charge in [-0.05, 0) is 36.3 Å². The molecule has 1 aliphatic rings. The Balaban J connectivity index is 0.000000360. The van der Waals surface area contributed by atoms with Crippen molar-refractivity contribution in [2.75, 3.05) is 0 Å². The second-order valence-corrected chi connectivity index (χ2v) is 9.24. The molecule has 0 radical (unpaired) electrons. The van der Waals surface area contributed by atoms with Crippen LogP contribution >= 0.6 is 11.6 Å². The average Bonchev–Trinajstić information content (AvgIpc) is 3.33. The van der Waals surface area contributed by atoms with Gasteiger partial charge in [-0.25, -0.2) is 0 Å². The molecule has 1 amide bonds. The van der Waals surface area contributed by atoms with Gasteiger partial charge in [-0.15, -0.1) is 0 Å². The Morgan fingerprint density at radius 1 is 1.31 bits per heavy atom. The summed E-state index contributed by atoms with van der Waals surface area (Å²) in [5, 5.41) is 22.6. The first kappa shape index (κ1) is 23.7. The van der Waals surface area contributed by atoms with E-state index < -0.39 is 6.10 Å². The third-order valence-electron chi connectivity index (χ3n) is 5.85. The van der Waals surface area contributed by atoms with Crippen LogP contribution in [0.25, 0.3) is 10.9 Å². The van der Waals surface area contributed by atoms with Crippen molar-refractivity contribution >= 4 is 28.4 Å². The molecule has 1 unspecified atom stereocenters. The molecule has 1 aromatic heterocycles. The van der Waals surface area contributed by atoms with Crippen LogP contribution in [0.1, 0.15) is 84.8 Å². The predicted octanol–water partition coefficient (Wildman–Crippen LogP) is 5.78. The summed E-state index contributed by atoms with van der Waals surface area (Å²) in [4.78, 5) is 10.2. The molecule has 162 valence electrons. The minimum absolute atomic E-state index is 0.0995. The number of aromatic amines is 1. The van der Waals surface area contributed by atoms with Crippen molar-refractivity contribution in [3.8, 4) is 0 Å². The lowest BCUT2D eigenvalue weighted by atomic mass is 9.68. The normalized spacial score (nSPS) is 15.2. The summed E-state index contributed by atoms with van der Waals surface area (Å²) in [6, 6.07) is 4.26. The van der Waals surface area contributed by atoms with E-state index in [2.05, 4.69) is 43.2 Å². The van der Waals surface area contributed by atoms with Crippen LogP contribution < -0.4 is 5.32 Å². The highest BCUT2D eigenvalue weighted by molar-refractivity contribution is 6.31. The van der Waals surface area contributed by atoms with E-state index in [1.165, 1.54) is 12.8 Å². The van der Waals surface area contributed by atoms with E-state index in [1.807, 2.05) is 12.1 Å². The molecule has 3 N–H and O–H groups in total. The van der Waals surface area contributed by atoms with Gasteiger partial charge in [0, 0.05) is 28.9 Å². The van der Waals surface area contributed by atoms with E-state index in [9.17, 15) is 9.90 Å². The molecule has 1 atom stereocenters. The van der Waals surface area contributed by atoms with Crippen LogP contribution in [-0.2, 0) is 4.79 Å². The average molecular weight is 422 g/mol. The van der Waals surface area contributed by atoms with Gasteiger partial charge in [-0.3, -0.25) is 9.89 Å². The van der Waals surface area contributed by atoms with Gasteiger partial charge >= 0.3 is 0 Å². The van der Waals surface area contributed by atoms with E-state index in [4.69, 9.17) is 11.6 Å². The first-order chi connectivity index (χ1) is 13.7. The molecule has 0 spiro atoms. The highest BCUT2D eigenvalue weighted by Crippen LogP contribution is 2.45. The maximum Gasteiger partial charge on any atom is 0.217 e. The Labute approximate surface area is 179 Å². The minimum Gasteiger partial charge on any atom is -0.388 e. The lowest BCUT2D eigenvalue weighted by Gasteiger charge is -2.39. The third-order valence-corrected chi connectivity index (χ3v) is 6.07. The number of H-pyrrole nitrogens is 1. The number of hydrogen-bond acceptors (Lipinski definition) is 3. The Kier molecular flexibility index (Phi) is 8.53. The van der Waals surface area contributed by atoms with E-state index in [0.717, 1.165) is 42.1 Å². The predicted molar refractivity (Wildman–Crippen MR) is 120 cm³/mol. The largest absolute Gasteiger partial charge is 0.388 e. The molecule has 3 rings (SSSR count). The minimum atomic E-state index is -0.572. The van der Waals surface area contributed by atoms with Gasteiger partial charge in [0.2, 0.25) is 5.91 Å². The fourth-order valence-electron chi connectivity index (χ4n) is 3.99. The zero-order valence-electron chi connectivity index (χ0n) is 18.4. The first-order valence-electron chi connectivity index (χ1n) is 10.8. The molecule has 5 nitrogen and oxygen atoms in total. The molecule has 1 heterocycles. The van der Waals surface area contributed by atoms with E-state index >= 15 is 0 Å². The van der Waals surface area contributed by atoms with Crippen molar-refractivity contribution in [2.45, 2.75) is 85.3 Å². The van der Waals surface area contributed by atoms with Gasteiger partial charge in [-0.2, -0.15) is 5.10 Å². The second-order valence-electron chi connectivity index (χ2n) is 8.80. The molecule has 1 aliphatic carbocycles. The molecule has 1 aromatic carbocycles. The number of aliphatic hydroxyl groups is 1. The number of rotatable bonds is 8. The Morgan fingerprint density at radius 3 is 2.41 bits per heavy atom. The maximum atomic E-state index is 11.1. The third kappa shape index (κ3) is 6.45. The molecule has 0 aliphatic heterocycles. The molecule has 6 heteroatoms. The number of aromatic nitrogens is 2. The first-order valence-corrected chi connectivity index (χ1v) is 11.2. The fraction of sp³-hybridized carbons (Fsp3) is 0.652. The molecule has 1 saturated carbocycles. The number of aliphatic hydroxyl groups excluding tert-OH is 1. The standard InChI is InChI=1S/C18H27ClN2O.C5H9NO/c1-5-7-13(8-6-2)18(3,4)17(22)15-10-14(19)9-12-11-20-21-16(12)15;1-4(7)6-5-2-3-5/h9-11,13,17,22H,5-8H2,1-4H3,(H,20,21);5H,2-3H2,1H3,(H,6,7). The molecule has 0 bridgehead atoms. The summed E-state index contributed by atoms with van der Waals surface area (Å²) in [6.45, 7) is 10.3. The summed E-state index contributed by atoms with van der Waals surface area (Å²) < 4.78 is 0. The van der Waals surface area contributed by atoms with Gasteiger partial charge in [0.1, 0.15) is 0 Å². The van der Waals surface area contributed by atoms with Gasteiger partial charge < -0.3 is 10.4 Å². The lowest BCUT2D eigenvalue weighted by molar-refractivity contribution is -0.119. The summed E-state index contributed by atoms with van der Waals surface area (Å²) >= 11 is 6.22. The zero-order valence-corrected chi connectivity index (χ0v) is 19.1. The lowest BCUT2D eigenvalue weighted by Crippen LogP contribution is -2.31. The van der Waals surface area contributed by atoms with Crippen molar-refractivity contribution in [1.82, 2.24) is 15.5 Å². The van der Waals surface area contributed by atoms with Gasteiger partial charge in [0.15, 0.2) is 0 Å². The van der Waals surface area contributed by atoms with Crippen LogP contribution in [0.15, 0.2) is 18.3 Å². The molecule has 0 saturated heterocycles. The number of carbonyl (C=O) groups excluding carboxylic acids is 1. The van der Waals surface area contributed by atoms with E-state index in [-0.39, 0.29) is 11.3 Å². The van der Waals surface area contributed by atoms with Crippen molar-refractivity contribution < 1.29 is 9.90 Å². The quantitative estimate of drug-likeness (QED) is 0.505. The number of nitrogens with zero attached hydrogens (tertiary/aromatic N) is 1. The van der Waals surface area contributed by atoms with Gasteiger partial charge in [0.05, 0.1) is 17.8 Å². The molecule has 1 fully saturated rings. The molecule has 29 heavy (non-hydrogen) atoms. The Morgan fingerprint density at radius 2 is 1.93 bits per heavy atom. The number of carbonyl (C=O) groups is 1. The summed E-state index contributed by atoms with van der Waals surface area (Å²) in [5.74, 6) is 0.581. The Bertz CT molecular complexity index is 793. The van der Waals surface area contributed by atoms with Crippen LogP contribution in [0.3, 0.4) is 0 Å². The number of halogens is 1. The van der Waals surface area contributed by atoms with E-state index in [1.54, 1.807) is 13.1 Å². The van der Waals surface area contributed by atoms with Crippen LogP contribution in [0.2, 0.25) is 5.02 Å². The number of benzene rings is 1. The van der Waals surface area contributed by atoms with Gasteiger partial charge in [0.25, 0.3) is 0 Å². The van der Waals surface area contributed by atoms with Crippen molar-refractivity contribution in [2.24, 2.45) is 11.3 Å². The number of hydrogen-bond donors (Lipinski definition) is 3. The zero-order chi connectivity index (χ0) is 21.6. The molecule has 2 aromatic rings.